The molecule has 0 fully saturated rings. The molecule has 120 valence electrons. The molecule has 1 amide bonds. The molecular formula is C15H15N3O3S2. The molecule has 3 rings (SSSR count). The highest BCUT2D eigenvalue weighted by atomic mass is 32.2. The Morgan fingerprint density at radius 3 is 2.74 bits per heavy atom. The highest BCUT2D eigenvalue weighted by Crippen LogP contribution is 2.23. The molecule has 0 saturated heterocycles. The standard InChI is InChI=1S/C15H15N3O3S2/c1-18(9-13-16-10-5-3-4-6-11(10)17-13)15(19)14-12(7-8-22-14)23(2,20)21/h3-8H,9H2,1-2H3,(H,16,17). The predicted octanol–water partition coefficient (Wildman–Crippen LogP) is 2.30. The van der Waals surface area contributed by atoms with Crippen LogP contribution in [0.1, 0.15) is 15.5 Å². The van der Waals surface area contributed by atoms with Crippen LogP contribution in [0.25, 0.3) is 11.0 Å². The molecule has 0 atom stereocenters. The van der Waals surface area contributed by atoms with E-state index in [1.165, 1.54) is 11.0 Å². The Kier molecular flexibility index (Phi) is 3.95. The topological polar surface area (TPSA) is 83.1 Å². The number of carbonyl (C=O) groups excluding carboxylic acids is 1. The molecule has 2 aromatic heterocycles. The van der Waals surface area contributed by atoms with E-state index in [1.807, 2.05) is 24.3 Å². The Morgan fingerprint density at radius 1 is 1.30 bits per heavy atom. The van der Waals surface area contributed by atoms with E-state index in [4.69, 9.17) is 0 Å². The third kappa shape index (κ3) is 3.13. The van der Waals surface area contributed by atoms with Crippen LogP contribution in [0.2, 0.25) is 0 Å². The number of para-hydroxylation sites is 2. The molecule has 0 spiro atoms. The number of H-pyrrole nitrogens is 1. The Bertz CT molecular complexity index is 940. The van der Waals surface area contributed by atoms with E-state index in [0.717, 1.165) is 28.6 Å². The normalized spacial score (nSPS) is 11.7. The second kappa shape index (κ2) is 5.78. The monoisotopic (exact) mass is 349 g/mol. The summed E-state index contributed by atoms with van der Waals surface area (Å²) in [5.74, 6) is 0.320. The van der Waals surface area contributed by atoms with Crippen molar-refractivity contribution in [3.63, 3.8) is 0 Å². The minimum absolute atomic E-state index is 0.0731. The number of aromatic amines is 1. The number of hydrogen-bond acceptors (Lipinski definition) is 5. The second-order valence-corrected chi connectivity index (χ2v) is 8.15. The molecule has 2 heterocycles. The molecule has 23 heavy (non-hydrogen) atoms. The third-order valence-corrected chi connectivity index (χ3v) is 5.57. The van der Waals surface area contributed by atoms with E-state index in [2.05, 4.69) is 9.97 Å². The average Bonchev–Trinajstić information content (AvgIpc) is 3.11. The Hall–Kier alpha value is -2.19. The maximum atomic E-state index is 12.5. The van der Waals surface area contributed by atoms with Crippen LogP contribution in [0.4, 0.5) is 0 Å². The number of sulfone groups is 1. The van der Waals surface area contributed by atoms with Gasteiger partial charge in [-0.3, -0.25) is 4.79 Å². The fourth-order valence-corrected chi connectivity index (χ4v) is 4.50. The number of amides is 1. The minimum atomic E-state index is -3.42. The summed E-state index contributed by atoms with van der Waals surface area (Å²) < 4.78 is 23.5. The van der Waals surface area contributed by atoms with Gasteiger partial charge in [0.25, 0.3) is 5.91 Å². The lowest BCUT2D eigenvalue weighted by molar-refractivity contribution is 0.0783. The molecule has 3 aromatic rings. The lowest BCUT2D eigenvalue weighted by Gasteiger charge is -2.15. The van der Waals surface area contributed by atoms with Gasteiger partial charge in [-0.25, -0.2) is 13.4 Å². The number of thiophene rings is 1. The molecule has 0 aliphatic carbocycles. The van der Waals surface area contributed by atoms with Crippen LogP contribution in [0.5, 0.6) is 0 Å². The van der Waals surface area contributed by atoms with Gasteiger partial charge >= 0.3 is 0 Å². The van der Waals surface area contributed by atoms with Gasteiger partial charge in [-0.05, 0) is 23.6 Å². The zero-order chi connectivity index (χ0) is 16.6. The van der Waals surface area contributed by atoms with Crippen molar-refractivity contribution >= 4 is 38.1 Å². The van der Waals surface area contributed by atoms with E-state index in [9.17, 15) is 13.2 Å². The van der Waals surface area contributed by atoms with Gasteiger partial charge in [0, 0.05) is 13.3 Å². The Labute approximate surface area is 137 Å². The van der Waals surface area contributed by atoms with Gasteiger partial charge in [0.05, 0.1) is 22.5 Å². The van der Waals surface area contributed by atoms with Crippen LogP contribution >= 0.6 is 11.3 Å². The van der Waals surface area contributed by atoms with Crippen molar-refractivity contribution in [3.05, 3.63) is 46.4 Å². The Balaban J connectivity index is 1.84. The number of rotatable bonds is 4. The molecule has 6 nitrogen and oxygen atoms in total. The fraction of sp³-hybridized carbons (Fsp3) is 0.200. The highest BCUT2D eigenvalue weighted by Gasteiger charge is 2.23. The third-order valence-electron chi connectivity index (χ3n) is 3.39. The maximum absolute atomic E-state index is 12.5. The molecule has 8 heteroatoms. The van der Waals surface area contributed by atoms with Crippen molar-refractivity contribution < 1.29 is 13.2 Å². The first-order chi connectivity index (χ1) is 10.9. The number of nitrogens with one attached hydrogen (secondary N) is 1. The summed E-state index contributed by atoms with van der Waals surface area (Å²) in [6.45, 7) is 0.272. The largest absolute Gasteiger partial charge is 0.340 e. The number of carbonyl (C=O) groups is 1. The van der Waals surface area contributed by atoms with Crippen LogP contribution in [-0.4, -0.2) is 42.5 Å². The van der Waals surface area contributed by atoms with Crippen LogP contribution < -0.4 is 0 Å². The van der Waals surface area contributed by atoms with Crippen LogP contribution in [0, 0.1) is 0 Å². The molecule has 0 aliphatic rings. The average molecular weight is 349 g/mol. The van der Waals surface area contributed by atoms with Gasteiger partial charge in [-0.2, -0.15) is 0 Å². The smallest absolute Gasteiger partial charge is 0.265 e. The lowest BCUT2D eigenvalue weighted by atomic mass is 10.3. The summed E-state index contributed by atoms with van der Waals surface area (Å²) >= 11 is 1.13. The number of imidazole rings is 1. The van der Waals surface area contributed by atoms with Crippen LogP contribution in [-0.2, 0) is 16.4 Å². The number of nitrogens with zero attached hydrogens (tertiary/aromatic N) is 2. The van der Waals surface area contributed by atoms with Gasteiger partial charge in [-0.1, -0.05) is 12.1 Å². The molecule has 0 bridgehead atoms. The molecule has 1 N–H and O–H groups in total. The van der Waals surface area contributed by atoms with Crippen LogP contribution in [0.3, 0.4) is 0 Å². The number of aromatic nitrogens is 2. The van der Waals surface area contributed by atoms with Gasteiger partial charge < -0.3 is 9.88 Å². The first-order valence-electron chi connectivity index (χ1n) is 6.83. The number of benzene rings is 1. The van der Waals surface area contributed by atoms with E-state index in [0.29, 0.717) is 5.82 Å². The van der Waals surface area contributed by atoms with E-state index in [-0.39, 0.29) is 22.2 Å². The summed E-state index contributed by atoms with van der Waals surface area (Å²) in [6, 6.07) is 9.06. The van der Waals surface area contributed by atoms with Gasteiger partial charge in [0.1, 0.15) is 10.7 Å². The zero-order valence-corrected chi connectivity index (χ0v) is 14.2. The molecule has 0 radical (unpaired) electrons. The second-order valence-electron chi connectivity index (χ2n) is 5.25. The number of fused-ring (bicyclic) bond motifs is 1. The van der Waals surface area contributed by atoms with Crippen molar-refractivity contribution in [3.8, 4) is 0 Å². The SMILES string of the molecule is CN(Cc1nc2ccccc2[nH]1)C(=O)c1sccc1S(C)(=O)=O. The first-order valence-corrected chi connectivity index (χ1v) is 9.60. The minimum Gasteiger partial charge on any atom is -0.340 e. The van der Waals surface area contributed by atoms with Crippen molar-refractivity contribution in [2.75, 3.05) is 13.3 Å². The molecule has 0 saturated carbocycles. The maximum Gasteiger partial charge on any atom is 0.265 e. The summed E-state index contributed by atoms with van der Waals surface area (Å²) in [7, 11) is -1.80. The van der Waals surface area contributed by atoms with Gasteiger partial charge in [0.15, 0.2) is 9.84 Å². The summed E-state index contributed by atoms with van der Waals surface area (Å²) in [5, 5.41) is 1.61. The predicted molar refractivity (Wildman–Crippen MR) is 89.3 cm³/mol. The highest BCUT2D eigenvalue weighted by molar-refractivity contribution is 7.91. The molecule has 0 aliphatic heterocycles. The van der Waals surface area contributed by atoms with E-state index >= 15 is 0 Å². The molecular weight excluding hydrogens is 334 g/mol. The zero-order valence-electron chi connectivity index (χ0n) is 12.6. The quantitative estimate of drug-likeness (QED) is 0.783. The molecule has 1 aromatic carbocycles. The van der Waals surface area contributed by atoms with Crippen molar-refractivity contribution in [2.45, 2.75) is 11.4 Å². The van der Waals surface area contributed by atoms with E-state index < -0.39 is 9.84 Å². The number of hydrogen-bond donors (Lipinski definition) is 1. The van der Waals surface area contributed by atoms with Gasteiger partial charge in [-0.15, -0.1) is 11.3 Å². The summed E-state index contributed by atoms with van der Waals surface area (Å²) in [5.41, 5.74) is 1.73. The van der Waals surface area contributed by atoms with E-state index in [1.54, 1.807) is 12.4 Å². The summed E-state index contributed by atoms with van der Waals surface area (Å²) in [4.78, 5) is 21.9. The van der Waals surface area contributed by atoms with Crippen molar-refractivity contribution in [2.24, 2.45) is 0 Å². The lowest BCUT2D eigenvalue weighted by Crippen LogP contribution is -2.27. The first kappa shape index (κ1) is 15.7. The van der Waals surface area contributed by atoms with Crippen molar-refractivity contribution in [1.29, 1.82) is 0 Å². The van der Waals surface area contributed by atoms with Crippen LogP contribution in [0.15, 0.2) is 40.6 Å². The van der Waals surface area contributed by atoms with Gasteiger partial charge in [0.2, 0.25) is 0 Å². The Morgan fingerprint density at radius 2 is 2.04 bits per heavy atom. The summed E-state index contributed by atoms with van der Waals surface area (Å²) in [6.07, 6.45) is 1.10. The molecule has 0 unspecified atom stereocenters. The van der Waals surface area contributed by atoms with Crippen molar-refractivity contribution in [1.82, 2.24) is 14.9 Å². The fourth-order valence-electron chi connectivity index (χ4n) is 2.30.